The minimum absolute atomic E-state index is 0.0687. The van der Waals surface area contributed by atoms with Crippen LogP contribution in [0.3, 0.4) is 0 Å². The van der Waals surface area contributed by atoms with E-state index in [0.717, 1.165) is 11.8 Å². The van der Waals surface area contributed by atoms with Crippen molar-refractivity contribution in [3.8, 4) is 0 Å². The number of halogens is 1. The normalized spacial score (nSPS) is 17.3. The van der Waals surface area contributed by atoms with Gasteiger partial charge in [-0.3, -0.25) is 4.79 Å². The van der Waals surface area contributed by atoms with Crippen LogP contribution in [0, 0.1) is 5.82 Å². The summed E-state index contributed by atoms with van der Waals surface area (Å²) < 4.78 is 12.9. The molecular formula is C17H10FN2O3S-. The van der Waals surface area contributed by atoms with E-state index in [1.54, 1.807) is 18.2 Å². The highest BCUT2D eigenvalue weighted by Gasteiger charge is 2.23. The van der Waals surface area contributed by atoms with Crippen molar-refractivity contribution in [2.75, 3.05) is 0 Å². The first-order chi connectivity index (χ1) is 11.5. The Kier molecular flexibility index (Phi) is 4.43. The smallest absolute Gasteiger partial charge is 0.264 e. The maximum Gasteiger partial charge on any atom is 0.264 e. The lowest BCUT2D eigenvalue weighted by molar-refractivity contribution is -0.255. The molecule has 7 heteroatoms. The molecular weight excluding hydrogens is 331 g/mol. The maximum absolute atomic E-state index is 12.9. The molecule has 0 radical (unpaired) electrons. The summed E-state index contributed by atoms with van der Waals surface area (Å²) in [4.78, 5) is 27.3. The number of nitrogens with zero attached hydrogens (tertiary/aromatic N) is 1. The zero-order chi connectivity index (χ0) is 17.1. The Morgan fingerprint density at radius 1 is 1.12 bits per heavy atom. The largest absolute Gasteiger partial charge is 0.545 e. The zero-order valence-corrected chi connectivity index (χ0v) is 13.0. The number of aromatic carboxylic acids is 1. The molecule has 0 spiro atoms. The Labute approximate surface area is 140 Å². The van der Waals surface area contributed by atoms with Crippen molar-refractivity contribution in [2.45, 2.75) is 0 Å². The summed E-state index contributed by atoms with van der Waals surface area (Å²) in [6, 6.07) is 11.6. The van der Waals surface area contributed by atoms with E-state index in [1.807, 2.05) is 0 Å². The number of carbonyl (C=O) groups excluding carboxylic acids is 2. The second-order valence-electron chi connectivity index (χ2n) is 4.87. The minimum Gasteiger partial charge on any atom is -0.545 e. The van der Waals surface area contributed by atoms with Crippen LogP contribution in [0.25, 0.3) is 6.08 Å². The lowest BCUT2D eigenvalue weighted by Gasteiger charge is -2.02. The molecule has 1 aliphatic rings. The van der Waals surface area contributed by atoms with Gasteiger partial charge in [-0.1, -0.05) is 24.3 Å². The van der Waals surface area contributed by atoms with E-state index in [9.17, 15) is 19.1 Å². The topological polar surface area (TPSA) is 81.6 Å². The molecule has 0 bridgehead atoms. The molecule has 0 aliphatic carbocycles. The van der Waals surface area contributed by atoms with Crippen LogP contribution in [-0.2, 0) is 4.79 Å². The molecule has 2 aromatic carbocycles. The Morgan fingerprint density at radius 2 is 1.79 bits per heavy atom. The fourth-order valence-corrected chi connectivity index (χ4v) is 2.82. The van der Waals surface area contributed by atoms with Crippen molar-refractivity contribution in [1.29, 1.82) is 0 Å². The molecule has 1 amide bonds. The standard InChI is InChI=1S/C17H11FN2O3S/c18-12-5-7-13(8-6-12)19-17-20-15(21)14(24-17)9-10-1-3-11(4-2-10)16(22)23/h1-9H,(H,22,23)(H,19,20,21)/p-1/b14-9-. The molecule has 24 heavy (non-hydrogen) atoms. The van der Waals surface area contributed by atoms with E-state index in [2.05, 4.69) is 10.3 Å². The number of aliphatic imine (C=N–C) groups is 1. The van der Waals surface area contributed by atoms with Crippen LogP contribution in [0.1, 0.15) is 15.9 Å². The van der Waals surface area contributed by atoms with Gasteiger partial charge in [-0.15, -0.1) is 0 Å². The second-order valence-corrected chi connectivity index (χ2v) is 5.90. The molecule has 1 aliphatic heterocycles. The molecule has 1 fully saturated rings. The van der Waals surface area contributed by atoms with Gasteiger partial charge in [0.15, 0.2) is 5.17 Å². The highest BCUT2D eigenvalue weighted by atomic mass is 32.2. The quantitative estimate of drug-likeness (QED) is 0.867. The highest BCUT2D eigenvalue weighted by Crippen LogP contribution is 2.28. The van der Waals surface area contributed by atoms with E-state index in [4.69, 9.17) is 0 Å². The predicted molar refractivity (Wildman–Crippen MR) is 88.0 cm³/mol. The molecule has 1 heterocycles. The SMILES string of the molecule is O=C1NC(=Nc2ccc(F)cc2)S/C1=C\c1ccc(C(=O)[O-])cc1. The second kappa shape index (κ2) is 6.67. The molecule has 5 nitrogen and oxygen atoms in total. The summed E-state index contributed by atoms with van der Waals surface area (Å²) in [5, 5.41) is 13.7. The molecule has 3 rings (SSSR count). The molecule has 0 unspecified atom stereocenters. The summed E-state index contributed by atoms with van der Waals surface area (Å²) in [5.74, 6) is -1.91. The number of carboxylic acid groups (broad SMARTS) is 1. The van der Waals surface area contributed by atoms with Gasteiger partial charge in [-0.05, 0) is 53.2 Å². The highest BCUT2D eigenvalue weighted by molar-refractivity contribution is 8.18. The van der Waals surface area contributed by atoms with E-state index < -0.39 is 5.97 Å². The van der Waals surface area contributed by atoms with Crippen molar-refractivity contribution < 1.29 is 19.1 Å². The minimum atomic E-state index is -1.25. The number of thioether (sulfide) groups is 1. The van der Waals surface area contributed by atoms with Crippen molar-refractivity contribution in [3.63, 3.8) is 0 Å². The van der Waals surface area contributed by atoms with Crippen molar-refractivity contribution in [3.05, 3.63) is 70.4 Å². The first-order valence-electron chi connectivity index (χ1n) is 6.88. The van der Waals surface area contributed by atoms with Crippen LogP contribution in [0.2, 0.25) is 0 Å². The molecule has 0 saturated carbocycles. The van der Waals surface area contributed by atoms with Gasteiger partial charge in [0.1, 0.15) is 5.82 Å². The Morgan fingerprint density at radius 3 is 2.42 bits per heavy atom. The zero-order valence-electron chi connectivity index (χ0n) is 12.2. The Bertz CT molecular complexity index is 858. The van der Waals surface area contributed by atoms with E-state index >= 15 is 0 Å². The third kappa shape index (κ3) is 3.69. The molecule has 0 aromatic heterocycles. The lowest BCUT2D eigenvalue weighted by Crippen LogP contribution is -2.21. The summed E-state index contributed by atoms with van der Waals surface area (Å²) in [6.07, 6.45) is 1.63. The summed E-state index contributed by atoms with van der Waals surface area (Å²) in [5.41, 5.74) is 1.28. The van der Waals surface area contributed by atoms with Gasteiger partial charge in [-0.2, -0.15) is 0 Å². The molecule has 0 atom stereocenters. The van der Waals surface area contributed by atoms with Gasteiger partial charge in [0, 0.05) is 0 Å². The molecule has 1 saturated heterocycles. The van der Waals surface area contributed by atoms with Crippen LogP contribution in [0.4, 0.5) is 10.1 Å². The van der Waals surface area contributed by atoms with Gasteiger partial charge >= 0.3 is 0 Å². The van der Waals surface area contributed by atoms with Crippen LogP contribution in [0.15, 0.2) is 58.4 Å². The van der Waals surface area contributed by atoms with Crippen molar-refractivity contribution in [2.24, 2.45) is 4.99 Å². The van der Waals surface area contributed by atoms with Crippen LogP contribution < -0.4 is 10.4 Å². The van der Waals surface area contributed by atoms with Crippen LogP contribution in [-0.4, -0.2) is 17.0 Å². The number of carbonyl (C=O) groups is 2. The van der Waals surface area contributed by atoms with Gasteiger partial charge in [0.25, 0.3) is 5.91 Å². The Balaban J connectivity index is 1.79. The first kappa shape index (κ1) is 15.9. The summed E-state index contributed by atoms with van der Waals surface area (Å²) >= 11 is 1.15. The fraction of sp³-hybridized carbons (Fsp3) is 0. The Hall–Kier alpha value is -2.93. The van der Waals surface area contributed by atoms with Crippen molar-refractivity contribution in [1.82, 2.24) is 5.32 Å². The number of hydrogen-bond acceptors (Lipinski definition) is 5. The van der Waals surface area contributed by atoms with Crippen molar-refractivity contribution >= 4 is 40.6 Å². The number of amidine groups is 1. The summed E-state index contributed by atoms with van der Waals surface area (Å²) in [6.45, 7) is 0. The number of hydrogen-bond donors (Lipinski definition) is 1. The van der Waals surface area contributed by atoms with Gasteiger partial charge in [-0.25, -0.2) is 9.38 Å². The number of benzene rings is 2. The van der Waals surface area contributed by atoms with E-state index in [-0.39, 0.29) is 17.3 Å². The number of nitrogens with one attached hydrogen (secondary N) is 1. The van der Waals surface area contributed by atoms with Gasteiger partial charge in [0.2, 0.25) is 0 Å². The van der Waals surface area contributed by atoms with Crippen LogP contribution in [0.5, 0.6) is 0 Å². The summed E-state index contributed by atoms with van der Waals surface area (Å²) in [7, 11) is 0. The van der Waals surface area contributed by atoms with Gasteiger partial charge < -0.3 is 15.2 Å². The third-order valence-corrected chi connectivity index (χ3v) is 4.06. The third-order valence-electron chi connectivity index (χ3n) is 3.15. The molecule has 120 valence electrons. The average Bonchev–Trinajstić information content (AvgIpc) is 2.89. The van der Waals surface area contributed by atoms with E-state index in [0.29, 0.717) is 21.3 Å². The molecule has 2 aromatic rings. The van der Waals surface area contributed by atoms with E-state index in [1.165, 1.54) is 36.4 Å². The number of carboxylic acids is 1. The maximum atomic E-state index is 12.9. The first-order valence-corrected chi connectivity index (χ1v) is 7.69. The predicted octanol–water partition coefficient (Wildman–Crippen LogP) is 2.08. The van der Waals surface area contributed by atoms with Crippen LogP contribution >= 0.6 is 11.8 Å². The molecule has 1 N–H and O–H groups in total. The van der Waals surface area contributed by atoms with Gasteiger partial charge in [0.05, 0.1) is 16.6 Å². The lowest BCUT2D eigenvalue weighted by atomic mass is 10.1. The number of amides is 1. The number of rotatable bonds is 3. The monoisotopic (exact) mass is 341 g/mol. The average molecular weight is 341 g/mol. The fourth-order valence-electron chi connectivity index (χ4n) is 1.98.